The second-order valence-electron chi connectivity index (χ2n) is 5.65. The molecule has 0 fully saturated rings. The van der Waals surface area contributed by atoms with Crippen LogP contribution in [0.5, 0.6) is 0 Å². The summed E-state index contributed by atoms with van der Waals surface area (Å²) in [5, 5.41) is 6.21. The van der Waals surface area contributed by atoms with Gasteiger partial charge in [0, 0.05) is 11.8 Å². The van der Waals surface area contributed by atoms with Crippen LogP contribution < -0.4 is 10.6 Å². The minimum absolute atomic E-state index is 0.181. The highest BCUT2D eigenvalue weighted by atomic mass is 35.5. The van der Waals surface area contributed by atoms with Gasteiger partial charge in [-0.15, -0.1) is 0 Å². The molecule has 2 aromatic carbocycles. The second kappa shape index (κ2) is 8.96. The van der Waals surface area contributed by atoms with E-state index in [1.807, 2.05) is 0 Å². The molecule has 0 saturated heterocycles. The van der Waals surface area contributed by atoms with E-state index in [0.717, 1.165) is 0 Å². The van der Waals surface area contributed by atoms with E-state index in [0.29, 0.717) is 34.4 Å². The first-order chi connectivity index (χ1) is 13.6. The maximum absolute atomic E-state index is 12.4. The van der Waals surface area contributed by atoms with Crippen LogP contribution in [-0.4, -0.2) is 28.5 Å². The van der Waals surface area contributed by atoms with Gasteiger partial charge in [0.25, 0.3) is 5.91 Å². The summed E-state index contributed by atoms with van der Waals surface area (Å²) in [5.74, 6) is -0.353. The van der Waals surface area contributed by atoms with Crippen LogP contribution in [0.15, 0.2) is 60.9 Å². The SMILES string of the molecule is CCOC(=O)c1ccc(Nc2cc(C(=O)Nc3ccccc3Cl)ncn2)cc1. The predicted octanol–water partition coefficient (Wildman–Crippen LogP) is 4.30. The molecule has 3 rings (SSSR count). The molecule has 0 spiro atoms. The number of nitrogens with one attached hydrogen (secondary N) is 2. The Morgan fingerprint density at radius 3 is 2.54 bits per heavy atom. The maximum Gasteiger partial charge on any atom is 0.338 e. The average Bonchev–Trinajstić information content (AvgIpc) is 2.70. The minimum atomic E-state index is -0.406. The zero-order valence-electron chi connectivity index (χ0n) is 15.0. The van der Waals surface area contributed by atoms with Gasteiger partial charge in [0.15, 0.2) is 0 Å². The molecule has 1 aromatic heterocycles. The number of benzene rings is 2. The molecular weight excluding hydrogens is 380 g/mol. The van der Waals surface area contributed by atoms with E-state index < -0.39 is 5.91 Å². The zero-order chi connectivity index (χ0) is 19.9. The summed E-state index contributed by atoms with van der Waals surface area (Å²) in [4.78, 5) is 32.2. The molecule has 7 nitrogen and oxygen atoms in total. The van der Waals surface area contributed by atoms with Gasteiger partial charge in [0.1, 0.15) is 17.8 Å². The number of nitrogens with zero attached hydrogens (tertiary/aromatic N) is 2. The number of hydrogen-bond acceptors (Lipinski definition) is 6. The topological polar surface area (TPSA) is 93.2 Å². The molecule has 0 aliphatic heterocycles. The van der Waals surface area contributed by atoms with E-state index >= 15 is 0 Å². The Hall–Kier alpha value is -3.45. The fraction of sp³-hybridized carbons (Fsp3) is 0.100. The van der Waals surface area contributed by atoms with Crippen LogP contribution in [-0.2, 0) is 4.74 Å². The molecule has 0 atom stereocenters. The van der Waals surface area contributed by atoms with E-state index in [1.54, 1.807) is 55.5 Å². The lowest BCUT2D eigenvalue weighted by atomic mass is 10.2. The quantitative estimate of drug-likeness (QED) is 0.603. The number of para-hydroxylation sites is 1. The Kier molecular flexibility index (Phi) is 6.18. The van der Waals surface area contributed by atoms with E-state index in [4.69, 9.17) is 16.3 Å². The van der Waals surface area contributed by atoms with Gasteiger partial charge in [0.05, 0.1) is 22.9 Å². The monoisotopic (exact) mass is 396 g/mol. The summed E-state index contributed by atoms with van der Waals surface area (Å²) in [6.07, 6.45) is 1.29. The molecule has 0 radical (unpaired) electrons. The first kappa shape index (κ1) is 19.3. The third kappa shape index (κ3) is 4.83. The molecule has 1 amide bonds. The molecule has 8 heteroatoms. The number of rotatable bonds is 6. The lowest BCUT2D eigenvalue weighted by Gasteiger charge is -2.09. The van der Waals surface area contributed by atoms with Crippen LogP contribution in [0.2, 0.25) is 5.02 Å². The minimum Gasteiger partial charge on any atom is -0.462 e. The first-order valence-electron chi connectivity index (χ1n) is 8.49. The molecule has 3 aromatic rings. The highest BCUT2D eigenvalue weighted by Gasteiger charge is 2.11. The van der Waals surface area contributed by atoms with Crippen LogP contribution in [0.4, 0.5) is 17.2 Å². The average molecular weight is 397 g/mol. The van der Waals surface area contributed by atoms with Gasteiger partial charge in [-0.1, -0.05) is 23.7 Å². The number of hydrogen-bond donors (Lipinski definition) is 2. The van der Waals surface area contributed by atoms with Gasteiger partial charge < -0.3 is 15.4 Å². The number of aromatic nitrogens is 2. The number of halogens is 1. The van der Waals surface area contributed by atoms with Crippen molar-refractivity contribution in [3.63, 3.8) is 0 Å². The van der Waals surface area contributed by atoms with Crippen molar-refractivity contribution in [1.82, 2.24) is 9.97 Å². The van der Waals surface area contributed by atoms with Crippen LogP contribution in [0, 0.1) is 0 Å². The van der Waals surface area contributed by atoms with Crippen molar-refractivity contribution in [2.75, 3.05) is 17.2 Å². The molecule has 2 N–H and O–H groups in total. The molecule has 0 bridgehead atoms. The number of carbonyl (C=O) groups excluding carboxylic acids is 2. The Balaban J connectivity index is 1.70. The summed E-state index contributed by atoms with van der Waals surface area (Å²) in [6, 6.07) is 15.2. The third-order valence-corrected chi connectivity index (χ3v) is 4.02. The number of amides is 1. The number of carbonyl (C=O) groups is 2. The summed E-state index contributed by atoms with van der Waals surface area (Å²) >= 11 is 6.06. The molecular formula is C20H17ClN4O3. The number of anilines is 3. The lowest BCUT2D eigenvalue weighted by Crippen LogP contribution is -2.14. The highest BCUT2D eigenvalue weighted by Crippen LogP contribution is 2.21. The number of esters is 1. The normalized spacial score (nSPS) is 10.2. The van der Waals surface area contributed by atoms with Crippen molar-refractivity contribution in [3.05, 3.63) is 77.2 Å². The van der Waals surface area contributed by atoms with Gasteiger partial charge in [-0.05, 0) is 43.3 Å². The highest BCUT2D eigenvalue weighted by molar-refractivity contribution is 6.33. The smallest absolute Gasteiger partial charge is 0.338 e. The third-order valence-electron chi connectivity index (χ3n) is 3.69. The fourth-order valence-corrected chi connectivity index (χ4v) is 2.53. The van der Waals surface area contributed by atoms with Gasteiger partial charge in [0.2, 0.25) is 0 Å². The van der Waals surface area contributed by atoms with Crippen molar-refractivity contribution < 1.29 is 14.3 Å². The molecule has 0 aliphatic rings. The molecule has 0 saturated carbocycles. The van der Waals surface area contributed by atoms with Crippen molar-refractivity contribution in [3.8, 4) is 0 Å². The standard InChI is InChI=1S/C20H17ClN4O3/c1-2-28-20(27)13-7-9-14(10-8-13)24-18-11-17(22-12-23-18)19(26)25-16-6-4-3-5-15(16)21/h3-12H,2H2,1H3,(H,25,26)(H,22,23,24). The van der Waals surface area contributed by atoms with Crippen molar-refractivity contribution in [1.29, 1.82) is 0 Å². The van der Waals surface area contributed by atoms with Crippen LogP contribution in [0.1, 0.15) is 27.8 Å². The van der Waals surface area contributed by atoms with Gasteiger partial charge in [-0.3, -0.25) is 4.79 Å². The van der Waals surface area contributed by atoms with Crippen molar-refractivity contribution >= 4 is 40.7 Å². The Morgan fingerprint density at radius 1 is 1.07 bits per heavy atom. The molecule has 28 heavy (non-hydrogen) atoms. The van der Waals surface area contributed by atoms with Gasteiger partial charge in [-0.2, -0.15) is 0 Å². The first-order valence-corrected chi connectivity index (χ1v) is 8.86. The zero-order valence-corrected chi connectivity index (χ0v) is 15.7. The maximum atomic E-state index is 12.4. The Bertz CT molecular complexity index is 993. The number of ether oxygens (including phenoxy) is 1. The van der Waals surface area contributed by atoms with E-state index in [9.17, 15) is 9.59 Å². The fourth-order valence-electron chi connectivity index (χ4n) is 2.35. The summed E-state index contributed by atoms with van der Waals surface area (Å²) in [5.41, 5.74) is 1.83. The lowest BCUT2D eigenvalue weighted by molar-refractivity contribution is 0.0526. The van der Waals surface area contributed by atoms with Crippen LogP contribution >= 0.6 is 11.6 Å². The van der Waals surface area contributed by atoms with E-state index in [-0.39, 0.29) is 11.7 Å². The molecule has 0 aliphatic carbocycles. The van der Waals surface area contributed by atoms with E-state index in [2.05, 4.69) is 20.6 Å². The van der Waals surface area contributed by atoms with Gasteiger partial charge in [-0.25, -0.2) is 14.8 Å². The molecule has 1 heterocycles. The molecule has 0 unspecified atom stereocenters. The summed E-state index contributed by atoms with van der Waals surface area (Å²) in [6.45, 7) is 2.07. The van der Waals surface area contributed by atoms with Crippen LogP contribution in [0.3, 0.4) is 0 Å². The largest absolute Gasteiger partial charge is 0.462 e. The molecule has 142 valence electrons. The predicted molar refractivity (Wildman–Crippen MR) is 107 cm³/mol. The van der Waals surface area contributed by atoms with Crippen molar-refractivity contribution in [2.45, 2.75) is 6.92 Å². The second-order valence-corrected chi connectivity index (χ2v) is 6.05. The summed E-state index contributed by atoms with van der Waals surface area (Å²) < 4.78 is 4.95. The Morgan fingerprint density at radius 2 is 1.82 bits per heavy atom. The summed E-state index contributed by atoms with van der Waals surface area (Å²) in [7, 11) is 0. The Labute approximate surface area is 166 Å². The van der Waals surface area contributed by atoms with Crippen molar-refractivity contribution in [2.24, 2.45) is 0 Å². The van der Waals surface area contributed by atoms with Crippen LogP contribution in [0.25, 0.3) is 0 Å². The van der Waals surface area contributed by atoms with E-state index in [1.165, 1.54) is 12.4 Å². The van der Waals surface area contributed by atoms with Gasteiger partial charge >= 0.3 is 5.97 Å².